The number of ether oxygens (including phenoxy) is 2. The molecule has 0 aliphatic rings. The van der Waals surface area contributed by atoms with E-state index in [2.05, 4.69) is 18.4 Å². The van der Waals surface area contributed by atoms with E-state index in [-0.39, 0.29) is 6.61 Å². The van der Waals surface area contributed by atoms with Gasteiger partial charge in [0.1, 0.15) is 6.10 Å². The topological polar surface area (TPSA) is 105 Å². The molecule has 28 heavy (non-hydrogen) atoms. The van der Waals surface area contributed by atoms with E-state index >= 15 is 0 Å². The van der Waals surface area contributed by atoms with Crippen molar-refractivity contribution in [2.45, 2.75) is 90.6 Å². The van der Waals surface area contributed by atoms with Gasteiger partial charge in [0.25, 0.3) is 0 Å². The number of aliphatic hydroxyl groups excluding tert-OH is 1. The molecule has 7 nitrogen and oxygen atoms in total. The molecule has 0 saturated heterocycles. The van der Waals surface area contributed by atoms with Gasteiger partial charge < -0.3 is 24.4 Å². The van der Waals surface area contributed by atoms with E-state index in [1.807, 2.05) is 0 Å². The van der Waals surface area contributed by atoms with Crippen molar-refractivity contribution in [2.75, 3.05) is 33.0 Å². The molecule has 0 aromatic heterocycles. The molecule has 0 aliphatic carbocycles. The van der Waals surface area contributed by atoms with Gasteiger partial charge in [-0.1, -0.05) is 65.2 Å². The molecule has 0 amide bonds. The fourth-order valence-electron chi connectivity index (χ4n) is 2.89. The first-order valence-electron chi connectivity index (χ1n) is 10.9. The molecule has 8 heteroatoms. The Morgan fingerprint density at radius 3 is 1.82 bits per heavy atom. The normalized spacial score (nSPS) is 14.3. The van der Waals surface area contributed by atoms with Crippen molar-refractivity contribution in [2.24, 2.45) is 5.92 Å². The zero-order valence-electron chi connectivity index (χ0n) is 17.9. The summed E-state index contributed by atoms with van der Waals surface area (Å²) < 4.78 is 25.8. The summed E-state index contributed by atoms with van der Waals surface area (Å²) in [7, 11) is -4.52. The van der Waals surface area contributed by atoms with Crippen molar-refractivity contribution >= 4 is 7.82 Å². The minimum absolute atomic E-state index is 0.0251. The van der Waals surface area contributed by atoms with E-state index in [4.69, 9.17) is 19.3 Å². The molecule has 0 saturated carbocycles. The average molecular weight is 427 g/mol. The molecule has 3 N–H and O–H groups in total. The lowest BCUT2D eigenvalue weighted by Crippen LogP contribution is -2.21. The molecular formula is C20H43O7P. The fourth-order valence-corrected chi connectivity index (χ4v) is 3.26. The van der Waals surface area contributed by atoms with Gasteiger partial charge in [0.15, 0.2) is 0 Å². The van der Waals surface area contributed by atoms with Gasteiger partial charge in [-0.15, -0.1) is 0 Å². The Hall–Kier alpha value is -0.0100. The molecular weight excluding hydrogens is 383 g/mol. The monoisotopic (exact) mass is 426 g/mol. The molecule has 0 heterocycles. The molecule has 170 valence electrons. The fraction of sp³-hybridized carbons (Fsp3) is 1.00. The first-order valence-corrected chi connectivity index (χ1v) is 12.5. The van der Waals surface area contributed by atoms with Crippen LogP contribution in [0, 0.1) is 5.92 Å². The SMILES string of the molecule is CCCCC(CC)COCCCCCCCCCOCC(O)COP(=O)(O)O. The Morgan fingerprint density at radius 2 is 1.32 bits per heavy atom. The Balaban J connectivity index is 3.28. The van der Waals surface area contributed by atoms with Crippen LogP contribution in [0.1, 0.15) is 84.5 Å². The molecule has 0 rings (SSSR count). The molecule has 0 aromatic rings. The zero-order chi connectivity index (χ0) is 21.1. The lowest BCUT2D eigenvalue weighted by Gasteiger charge is -2.14. The minimum Gasteiger partial charge on any atom is -0.388 e. The van der Waals surface area contributed by atoms with Crippen LogP contribution >= 0.6 is 7.82 Å². The van der Waals surface area contributed by atoms with E-state index in [1.54, 1.807) is 0 Å². The molecule has 0 aliphatic heterocycles. The highest BCUT2D eigenvalue weighted by Crippen LogP contribution is 2.35. The van der Waals surface area contributed by atoms with Gasteiger partial charge in [0, 0.05) is 19.8 Å². The summed E-state index contributed by atoms with van der Waals surface area (Å²) in [6.07, 6.45) is 12.0. The summed E-state index contributed by atoms with van der Waals surface area (Å²) in [6.45, 7) is 6.42. The molecule has 2 unspecified atom stereocenters. The summed E-state index contributed by atoms with van der Waals surface area (Å²) in [6, 6.07) is 0. The van der Waals surface area contributed by atoms with Crippen LogP contribution in [0.15, 0.2) is 0 Å². The maximum Gasteiger partial charge on any atom is 0.469 e. The predicted molar refractivity (Wildman–Crippen MR) is 111 cm³/mol. The highest BCUT2D eigenvalue weighted by molar-refractivity contribution is 7.46. The lowest BCUT2D eigenvalue weighted by atomic mass is 10.0. The van der Waals surface area contributed by atoms with E-state index in [0.717, 1.165) is 38.4 Å². The molecule has 0 aromatic carbocycles. The number of hydrogen-bond acceptors (Lipinski definition) is 5. The maximum atomic E-state index is 10.5. The standard InChI is InChI=1S/C20H43O7P/c1-3-5-13-19(4-2)16-25-14-11-9-7-6-8-10-12-15-26-17-20(21)18-27-28(22,23)24/h19-21H,3-18H2,1-2H3,(H2,22,23,24). The number of aliphatic hydroxyl groups is 1. The maximum absolute atomic E-state index is 10.5. The van der Waals surface area contributed by atoms with Crippen molar-refractivity contribution < 1.29 is 33.5 Å². The van der Waals surface area contributed by atoms with Gasteiger partial charge in [0.05, 0.1) is 13.2 Å². The first kappa shape index (κ1) is 28.0. The van der Waals surface area contributed by atoms with E-state index in [9.17, 15) is 9.67 Å². The van der Waals surface area contributed by atoms with Crippen LogP contribution in [0.3, 0.4) is 0 Å². The number of phosphoric ester groups is 1. The van der Waals surface area contributed by atoms with Gasteiger partial charge in [-0.3, -0.25) is 4.52 Å². The Morgan fingerprint density at radius 1 is 0.786 bits per heavy atom. The summed E-state index contributed by atoms with van der Waals surface area (Å²) >= 11 is 0. The number of hydrogen-bond donors (Lipinski definition) is 3. The third-order valence-corrected chi connectivity index (χ3v) is 5.20. The second kappa shape index (κ2) is 19.0. The van der Waals surface area contributed by atoms with Crippen LogP contribution < -0.4 is 0 Å². The highest BCUT2D eigenvalue weighted by atomic mass is 31.2. The zero-order valence-corrected chi connectivity index (χ0v) is 18.8. The van der Waals surface area contributed by atoms with Crippen molar-refractivity contribution in [1.29, 1.82) is 0 Å². The molecule has 2 atom stereocenters. The average Bonchev–Trinajstić information content (AvgIpc) is 2.65. The smallest absolute Gasteiger partial charge is 0.388 e. The van der Waals surface area contributed by atoms with Gasteiger partial charge in [0.2, 0.25) is 0 Å². The quantitative estimate of drug-likeness (QED) is 0.184. The number of unbranched alkanes of at least 4 members (excludes halogenated alkanes) is 7. The molecule has 0 fully saturated rings. The van der Waals surface area contributed by atoms with Crippen LogP contribution in [0.25, 0.3) is 0 Å². The summed E-state index contributed by atoms with van der Waals surface area (Å²) in [4.78, 5) is 17.1. The highest BCUT2D eigenvalue weighted by Gasteiger charge is 2.16. The third-order valence-electron chi connectivity index (χ3n) is 4.72. The van der Waals surface area contributed by atoms with Crippen molar-refractivity contribution in [3.8, 4) is 0 Å². The summed E-state index contributed by atoms with van der Waals surface area (Å²) in [5.41, 5.74) is 0. The first-order chi connectivity index (χ1) is 13.4. The van der Waals surface area contributed by atoms with Gasteiger partial charge in [-0.25, -0.2) is 4.57 Å². The Labute approximate surface area is 171 Å². The second-order valence-electron chi connectivity index (χ2n) is 7.48. The van der Waals surface area contributed by atoms with E-state index < -0.39 is 20.5 Å². The van der Waals surface area contributed by atoms with Crippen molar-refractivity contribution in [3.05, 3.63) is 0 Å². The Kier molecular flexibility index (Phi) is 19.0. The minimum atomic E-state index is -4.52. The molecule has 0 radical (unpaired) electrons. The number of phosphoric acid groups is 1. The van der Waals surface area contributed by atoms with Crippen LogP contribution in [0.4, 0.5) is 0 Å². The largest absolute Gasteiger partial charge is 0.469 e. The second-order valence-corrected chi connectivity index (χ2v) is 8.72. The molecule has 0 bridgehead atoms. The molecule has 0 spiro atoms. The predicted octanol–water partition coefficient (Wildman–Crippen LogP) is 4.44. The van der Waals surface area contributed by atoms with Gasteiger partial charge in [-0.05, 0) is 25.2 Å². The van der Waals surface area contributed by atoms with Crippen LogP contribution in [-0.4, -0.2) is 54.0 Å². The van der Waals surface area contributed by atoms with Crippen molar-refractivity contribution in [3.63, 3.8) is 0 Å². The summed E-state index contributed by atoms with van der Waals surface area (Å²) in [5, 5.41) is 9.45. The van der Waals surface area contributed by atoms with E-state index in [0.29, 0.717) is 6.61 Å². The van der Waals surface area contributed by atoms with Crippen LogP contribution in [-0.2, 0) is 18.6 Å². The van der Waals surface area contributed by atoms with Crippen molar-refractivity contribution in [1.82, 2.24) is 0 Å². The van der Waals surface area contributed by atoms with Gasteiger partial charge >= 0.3 is 7.82 Å². The van der Waals surface area contributed by atoms with Crippen LogP contribution in [0.5, 0.6) is 0 Å². The van der Waals surface area contributed by atoms with Crippen LogP contribution in [0.2, 0.25) is 0 Å². The number of rotatable bonds is 21. The Bertz CT molecular complexity index is 376. The van der Waals surface area contributed by atoms with E-state index in [1.165, 1.54) is 51.4 Å². The lowest BCUT2D eigenvalue weighted by molar-refractivity contribution is 0.00476. The third kappa shape index (κ3) is 20.7. The summed E-state index contributed by atoms with van der Waals surface area (Å²) in [5.74, 6) is 0.724. The van der Waals surface area contributed by atoms with Gasteiger partial charge in [-0.2, -0.15) is 0 Å².